The molecule has 3 aliphatic rings. The number of fused-ring (bicyclic) bond motifs is 3. The minimum atomic E-state index is -0.341. The van der Waals surface area contributed by atoms with Crippen LogP contribution in [0.1, 0.15) is 38.2 Å². The van der Waals surface area contributed by atoms with Crippen LogP contribution < -0.4 is 4.90 Å². The minimum Gasteiger partial charge on any atom is -0.461 e. The van der Waals surface area contributed by atoms with Gasteiger partial charge in [-0.3, -0.25) is 14.6 Å². The maximum absolute atomic E-state index is 13.2. The van der Waals surface area contributed by atoms with Gasteiger partial charge in [-0.15, -0.1) is 0 Å². The van der Waals surface area contributed by atoms with Crippen LogP contribution in [0.4, 0.5) is 5.69 Å². The summed E-state index contributed by atoms with van der Waals surface area (Å²) in [4.78, 5) is 33.2. The van der Waals surface area contributed by atoms with Crippen LogP contribution in [0.15, 0.2) is 27.7 Å². The molecule has 1 amide bonds. The molecule has 0 N–H and O–H groups in total. The number of benzene rings is 1. The zero-order valence-electron chi connectivity index (χ0n) is 14.8. The molecular formula is C19H22BrN3O3. The van der Waals surface area contributed by atoms with Crippen LogP contribution in [0.3, 0.4) is 0 Å². The fourth-order valence-corrected chi connectivity index (χ4v) is 4.69. The first-order valence-electron chi connectivity index (χ1n) is 9.13. The van der Waals surface area contributed by atoms with E-state index in [2.05, 4.69) is 20.8 Å². The highest BCUT2D eigenvalue weighted by Gasteiger charge is 2.44. The number of halogens is 1. The summed E-state index contributed by atoms with van der Waals surface area (Å²) in [6.45, 7) is 2.93. The zero-order chi connectivity index (χ0) is 18.3. The lowest BCUT2D eigenvalue weighted by molar-refractivity contribution is -0.142. The molecule has 2 aliphatic heterocycles. The SMILES string of the molecule is CC(=O)OCc1c(Br)cccc1N1CCN2C(=NC3CCCCC32)C1=O. The third-order valence-corrected chi connectivity index (χ3v) is 6.20. The van der Waals surface area contributed by atoms with Gasteiger partial charge in [-0.1, -0.05) is 34.8 Å². The Bertz CT molecular complexity index is 779. The topological polar surface area (TPSA) is 62.2 Å². The number of piperazine rings is 1. The van der Waals surface area contributed by atoms with Crippen molar-refractivity contribution in [1.29, 1.82) is 0 Å². The highest BCUT2D eigenvalue weighted by molar-refractivity contribution is 9.10. The molecule has 0 radical (unpaired) electrons. The van der Waals surface area contributed by atoms with Gasteiger partial charge in [0.05, 0.1) is 17.8 Å². The van der Waals surface area contributed by atoms with Gasteiger partial charge in [0.1, 0.15) is 6.61 Å². The van der Waals surface area contributed by atoms with E-state index in [0.717, 1.165) is 35.1 Å². The van der Waals surface area contributed by atoms with Crippen LogP contribution in [0.25, 0.3) is 0 Å². The minimum absolute atomic E-state index is 0.0483. The largest absolute Gasteiger partial charge is 0.461 e. The number of hydrogen-bond acceptors (Lipinski definition) is 5. The first-order valence-corrected chi connectivity index (χ1v) is 9.92. The van der Waals surface area contributed by atoms with Crippen molar-refractivity contribution in [1.82, 2.24) is 4.90 Å². The number of carbonyl (C=O) groups excluding carboxylic acids is 2. The van der Waals surface area contributed by atoms with Crippen LogP contribution in [0.2, 0.25) is 0 Å². The quantitative estimate of drug-likeness (QED) is 0.706. The summed E-state index contributed by atoms with van der Waals surface area (Å²) < 4.78 is 6.02. The van der Waals surface area contributed by atoms with Gasteiger partial charge < -0.3 is 14.5 Å². The van der Waals surface area contributed by atoms with E-state index in [9.17, 15) is 9.59 Å². The number of rotatable bonds is 3. The van der Waals surface area contributed by atoms with Crippen molar-refractivity contribution >= 4 is 39.3 Å². The number of carbonyl (C=O) groups is 2. The third-order valence-electron chi connectivity index (χ3n) is 5.46. The molecule has 1 aliphatic carbocycles. The van der Waals surface area contributed by atoms with Gasteiger partial charge >= 0.3 is 5.97 Å². The zero-order valence-corrected chi connectivity index (χ0v) is 16.4. The van der Waals surface area contributed by atoms with E-state index in [-0.39, 0.29) is 24.5 Å². The molecule has 138 valence electrons. The normalized spacial score (nSPS) is 24.8. The number of aliphatic imine (C=N–C) groups is 1. The number of amidine groups is 1. The summed E-state index contributed by atoms with van der Waals surface area (Å²) in [6, 6.07) is 6.36. The van der Waals surface area contributed by atoms with Crippen LogP contribution in [0.5, 0.6) is 0 Å². The van der Waals surface area contributed by atoms with E-state index in [4.69, 9.17) is 9.73 Å². The molecule has 2 atom stereocenters. The Morgan fingerprint density at radius 2 is 2.12 bits per heavy atom. The van der Waals surface area contributed by atoms with Crippen LogP contribution >= 0.6 is 15.9 Å². The highest BCUT2D eigenvalue weighted by Crippen LogP contribution is 2.35. The fraction of sp³-hybridized carbons (Fsp3) is 0.526. The van der Waals surface area contributed by atoms with E-state index in [1.807, 2.05) is 18.2 Å². The number of ether oxygens (including phenoxy) is 1. The molecule has 0 aromatic heterocycles. The van der Waals surface area contributed by atoms with Crippen molar-refractivity contribution in [2.24, 2.45) is 4.99 Å². The van der Waals surface area contributed by atoms with Crippen molar-refractivity contribution in [2.45, 2.75) is 51.3 Å². The fourth-order valence-electron chi connectivity index (χ4n) is 4.22. The van der Waals surface area contributed by atoms with E-state index < -0.39 is 0 Å². The molecule has 1 saturated carbocycles. The van der Waals surface area contributed by atoms with Gasteiger partial charge in [0, 0.05) is 30.0 Å². The molecule has 0 bridgehead atoms. The molecule has 1 aromatic rings. The van der Waals surface area contributed by atoms with Crippen molar-refractivity contribution < 1.29 is 14.3 Å². The maximum atomic E-state index is 13.2. The van der Waals surface area contributed by atoms with Crippen molar-refractivity contribution in [3.8, 4) is 0 Å². The van der Waals surface area contributed by atoms with Gasteiger partial charge in [-0.05, 0) is 25.0 Å². The lowest BCUT2D eigenvalue weighted by Crippen LogP contribution is -2.56. The summed E-state index contributed by atoms with van der Waals surface area (Å²) >= 11 is 3.52. The van der Waals surface area contributed by atoms with Gasteiger partial charge in [-0.25, -0.2) is 0 Å². The third kappa shape index (κ3) is 3.02. The monoisotopic (exact) mass is 419 g/mol. The van der Waals surface area contributed by atoms with Crippen LogP contribution in [-0.4, -0.2) is 47.8 Å². The summed E-state index contributed by atoms with van der Waals surface area (Å²) in [5, 5.41) is 0. The average molecular weight is 420 g/mol. The standard InChI is InChI=1S/C19H22BrN3O3/c1-12(24)26-11-13-14(20)5-4-8-16(13)23-10-9-22-17-7-3-2-6-15(17)21-18(22)19(23)25/h4-5,8,15,17H,2-3,6-7,9-11H2,1H3. The van der Waals surface area contributed by atoms with Crippen LogP contribution in [-0.2, 0) is 20.9 Å². The number of esters is 1. The molecule has 2 heterocycles. The molecule has 2 unspecified atom stereocenters. The molecule has 1 saturated heterocycles. The average Bonchev–Trinajstić information content (AvgIpc) is 3.01. The summed E-state index contributed by atoms with van der Waals surface area (Å²) in [6.07, 6.45) is 4.62. The van der Waals surface area contributed by atoms with E-state index in [1.54, 1.807) is 4.90 Å². The van der Waals surface area contributed by atoms with Crippen LogP contribution in [0, 0.1) is 0 Å². The number of anilines is 1. The first-order chi connectivity index (χ1) is 12.6. The van der Waals surface area contributed by atoms with Gasteiger partial charge in [0.25, 0.3) is 5.91 Å². The number of hydrogen-bond donors (Lipinski definition) is 0. The first kappa shape index (κ1) is 17.5. The van der Waals surface area contributed by atoms with E-state index in [1.165, 1.54) is 19.8 Å². The molecule has 1 aromatic carbocycles. The summed E-state index contributed by atoms with van der Waals surface area (Å²) in [5.74, 6) is 0.214. The maximum Gasteiger partial charge on any atom is 0.302 e. The summed E-state index contributed by atoms with van der Waals surface area (Å²) in [7, 11) is 0. The predicted octanol–water partition coefficient (Wildman–Crippen LogP) is 2.88. The Balaban J connectivity index is 1.63. The van der Waals surface area contributed by atoms with Crippen molar-refractivity contribution in [3.05, 3.63) is 28.2 Å². The Labute approximate surface area is 161 Å². The summed E-state index contributed by atoms with van der Waals surface area (Å²) in [5.41, 5.74) is 1.59. The molecular weight excluding hydrogens is 398 g/mol. The molecule has 0 spiro atoms. The van der Waals surface area contributed by atoms with Gasteiger partial charge in [0.15, 0.2) is 5.84 Å². The molecule has 26 heavy (non-hydrogen) atoms. The van der Waals surface area contributed by atoms with E-state index >= 15 is 0 Å². The van der Waals surface area contributed by atoms with Gasteiger partial charge in [0.2, 0.25) is 0 Å². The lowest BCUT2D eigenvalue weighted by atomic mass is 9.90. The number of nitrogens with zero attached hydrogens (tertiary/aromatic N) is 3. The molecule has 7 heteroatoms. The predicted molar refractivity (Wildman–Crippen MR) is 102 cm³/mol. The Morgan fingerprint density at radius 3 is 2.92 bits per heavy atom. The molecule has 2 fully saturated rings. The van der Waals surface area contributed by atoms with Crippen molar-refractivity contribution in [2.75, 3.05) is 18.0 Å². The second-order valence-corrected chi connectivity index (χ2v) is 7.89. The lowest BCUT2D eigenvalue weighted by Gasteiger charge is -2.39. The number of amides is 1. The Morgan fingerprint density at radius 1 is 1.31 bits per heavy atom. The van der Waals surface area contributed by atoms with Gasteiger partial charge in [-0.2, -0.15) is 0 Å². The Kier molecular flexibility index (Phi) is 4.73. The molecule has 6 nitrogen and oxygen atoms in total. The second-order valence-electron chi connectivity index (χ2n) is 7.04. The van der Waals surface area contributed by atoms with Crippen molar-refractivity contribution in [3.63, 3.8) is 0 Å². The molecule has 4 rings (SSSR count). The highest BCUT2D eigenvalue weighted by atomic mass is 79.9. The van der Waals surface area contributed by atoms with E-state index in [0.29, 0.717) is 18.4 Å². The second kappa shape index (κ2) is 7.02. The smallest absolute Gasteiger partial charge is 0.302 e. The Hall–Kier alpha value is -1.89.